The fraction of sp³-hybridized carbons (Fsp3) is 1.00. The van der Waals surface area contributed by atoms with E-state index in [0.29, 0.717) is 32.5 Å². The average Bonchev–Trinajstić information content (AvgIpc) is 2.57. The summed E-state index contributed by atoms with van der Waals surface area (Å²) in [5.74, 6) is 0. The first-order valence-electron chi connectivity index (χ1n) is 7.96. The Morgan fingerprint density at radius 1 is 0.696 bits per heavy atom. The van der Waals surface area contributed by atoms with Crippen LogP contribution in [-0.4, -0.2) is 71.5 Å². The van der Waals surface area contributed by atoms with E-state index in [2.05, 4.69) is 0 Å². The van der Waals surface area contributed by atoms with Crippen molar-refractivity contribution in [3.05, 3.63) is 0 Å². The molecule has 0 aliphatic carbocycles. The third kappa shape index (κ3) is 10.6. The van der Waals surface area contributed by atoms with Gasteiger partial charge in [-0.25, -0.2) is 0 Å². The third-order valence-electron chi connectivity index (χ3n) is 2.96. The zero-order valence-corrected chi connectivity index (χ0v) is 17.6. The maximum Gasteiger partial charge on any atom is 0.514 e. The van der Waals surface area contributed by atoms with E-state index in [1.54, 1.807) is 0 Å². The van der Waals surface area contributed by atoms with Crippen LogP contribution in [0.5, 0.6) is 0 Å². The first-order valence-corrected chi connectivity index (χ1v) is 11.8. The molecule has 0 saturated heterocycles. The molecule has 0 amide bonds. The topological polar surface area (TPSA) is 107 Å². The molecule has 4 N–H and O–H groups in total. The molecule has 0 unspecified atom stereocenters. The van der Waals surface area contributed by atoms with Crippen LogP contribution >= 0.6 is 0 Å². The van der Waals surface area contributed by atoms with E-state index in [1.165, 1.54) is 21.3 Å². The van der Waals surface area contributed by atoms with Crippen molar-refractivity contribution < 1.29 is 26.6 Å². The van der Waals surface area contributed by atoms with E-state index in [1.807, 2.05) is 20.8 Å². The summed E-state index contributed by atoms with van der Waals surface area (Å²) in [5, 5.41) is 0. The van der Waals surface area contributed by atoms with Crippen LogP contribution in [0, 0.1) is 0 Å². The van der Waals surface area contributed by atoms with Crippen molar-refractivity contribution in [1.29, 1.82) is 0 Å². The Hall–Kier alpha value is 0.114. The second-order valence-electron chi connectivity index (χ2n) is 4.37. The lowest BCUT2D eigenvalue weighted by Gasteiger charge is -2.28. The van der Waals surface area contributed by atoms with Gasteiger partial charge in [-0.1, -0.05) is 0 Å². The molecule has 0 aromatic carbocycles. The predicted molar refractivity (Wildman–Crippen MR) is 94.9 cm³/mol. The quantitative estimate of drug-likeness (QED) is 0.456. The Kier molecular flexibility index (Phi) is 17.2. The van der Waals surface area contributed by atoms with E-state index < -0.39 is 17.6 Å². The molecule has 23 heavy (non-hydrogen) atoms. The van der Waals surface area contributed by atoms with Gasteiger partial charge in [0, 0.05) is 47.2 Å². The van der Waals surface area contributed by atoms with Gasteiger partial charge < -0.3 is 38.0 Å². The molecule has 0 fully saturated rings. The molecule has 0 bridgehead atoms. The second-order valence-corrected chi connectivity index (χ2v) is 10.1. The van der Waals surface area contributed by atoms with Gasteiger partial charge in [0.05, 0.1) is 6.17 Å². The summed E-state index contributed by atoms with van der Waals surface area (Å²) >= 11 is 0. The van der Waals surface area contributed by atoms with Crippen molar-refractivity contribution >= 4 is 17.6 Å². The molecular weight excluding hydrogens is 336 g/mol. The van der Waals surface area contributed by atoms with E-state index in [9.17, 15) is 0 Å². The molecule has 10 heteroatoms. The number of hydrogen-bond acceptors (Lipinski definition) is 8. The fourth-order valence-corrected chi connectivity index (χ4v) is 5.46. The van der Waals surface area contributed by atoms with Crippen molar-refractivity contribution in [2.75, 3.05) is 53.9 Å². The van der Waals surface area contributed by atoms with Gasteiger partial charge in [0.15, 0.2) is 0 Å². The van der Waals surface area contributed by atoms with E-state index in [-0.39, 0.29) is 0 Å². The molecular formula is C13H36N2O6Si2. The fourth-order valence-electron chi connectivity index (χ4n) is 1.82. The third-order valence-corrected chi connectivity index (χ3v) is 8.48. The standard InChI is InChI=1S/C9H23NO3Si.C4H13NO3Si/c1-4-11-14(12-5-2,13-6-3)9-7-8-10;1-6-9(4-5,7-2)8-3/h4-10H2,1-3H3;4-5H2,1-3H3. The zero-order chi connectivity index (χ0) is 18.2. The summed E-state index contributed by atoms with van der Waals surface area (Å²) in [6, 6.07) is 0.818. The first kappa shape index (κ1) is 25.4. The highest BCUT2D eigenvalue weighted by atomic mass is 28.4. The number of nitrogens with two attached hydrogens (primary N) is 2. The van der Waals surface area contributed by atoms with Crippen LogP contribution in [0.15, 0.2) is 0 Å². The minimum absolute atomic E-state index is 0.316. The van der Waals surface area contributed by atoms with Crippen LogP contribution in [0.3, 0.4) is 0 Å². The van der Waals surface area contributed by atoms with Crippen molar-refractivity contribution in [1.82, 2.24) is 0 Å². The highest BCUT2D eigenvalue weighted by molar-refractivity contribution is 6.61. The molecule has 8 nitrogen and oxygen atoms in total. The molecule has 0 aliphatic heterocycles. The second kappa shape index (κ2) is 15.6. The summed E-state index contributed by atoms with van der Waals surface area (Å²) < 4.78 is 31.8. The summed E-state index contributed by atoms with van der Waals surface area (Å²) in [5.41, 5.74) is 10.8. The van der Waals surface area contributed by atoms with Crippen molar-refractivity contribution in [3.8, 4) is 0 Å². The Bertz CT molecular complexity index is 226. The van der Waals surface area contributed by atoms with Gasteiger partial charge in [-0.3, -0.25) is 0 Å². The van der Waals surface area contributed by atoms with Gasteiger partial charge in [-0.15, -0.1) is 0 Å². The Balaban J connectivity index is 0. The van der Waals surface area contributed by atoms with Crippen LogP contribution in [0.2, 0.25) is 6.04 Å². The highest BCUT2D eigenvalue weighted by Crippen LogP contribution is 2.17. The first-order chi connectivity index (χ1) is 11.0. The normalized spacial score (nSPS) is 12.0. The molecule has 0 saturated carbocycles. The average molecular weight is 373 g/mol. The van der Waals surface area contributed by atoms with Gasteiger partial charge in [0.2, 0.25) is 0 Å². The Morgan fingerprint density at radius 2 is 1.09 bits per heavy atom. The summed E-state index contributed by atoms with van der Waals surface area (Å²) in [6.45, 7) is 8.44. The van der Waals surface area contributed by atoms with Crippen LogP contribution in [-0.2, 0) is 26.6 Å². The monoisotopic (exact) mass is 372 g/mol. The molecule has 0 aromatic heterocycles. The molecule has 0 aromatic rings. The SMILES string of the molecule is CCO[Si](CCCN)(OCC)OCC.CO[Si](CN)(OC)OC. The molecule has 0 radical (unpaired) electrons. The molecule has 0 aliphatic rings. The summed E-state index contributed by atoms with van der Waals surface area (Å²) in [7, 11) is -0.209. The Morgan fingerprint density at radius 3 is 1.26 bits per heavy atom. The van der Waals surface area contributed by atoms with Crippen molar-refractivity contribution in [3.63, 3.8) is 0 Å². The van der Waals surface area contributed by atoms with E-state index in [4.69, 9.17) is 38.0 Å². The summed E-state index contributed by atoms with van der Waals surface area (Å²) in [6.07, 6.45) is 1.21. The lowest BCUT2D eigenvalue weighted by atomic mass is 10.5. The summed E-state index contributed by atoms with van der Waals surface area (Å²) in [4.78, 5) is 0. The minimum atomic E-state index is -2.41. The maximum atomic E-state index is 5.65. The number of hydrogen-bond donors (Lipinski definition) is 2. The lowest BCUT2D eigenvalue weighted by molar-refractivity contribution is 0.0710. The van der Waals surface area contributed by atoms with Crippen LogP contribution < -0.4 is 11.5 Å². The van der Waals surface area contributed by atoms with Gasteiger partial charge in [0.25, 0.3) is 0 Å². The smallest absolute Gasteiger partial charge is 0.376 e. The van der Waals surface area contributed by atoms with Crippen molar-refractivity contribution in [2.24, 2.45) is 11.5 Å². The zero-order valence-electron chi connectivity index (χ0n) is 15.6. The lowest BCUT2D eigenvalue weighted by Crippen LogP contribution is -2.50. The largest absolute Gasteiger partial charge is 0.514 e. The minimum Gasteiger partial charge on any atom is -0.376 e. The van der Waals surface area contributed by atoms with Crippen molar-refractivity contribution in [2.45, 2.75) is 33.2 Å². The maximum absolute atomic E-state index is 5.65. The molecule has 142 valence electrons. The molecule has 0 atom stereocenters. The van der Waals surface area contributed by atoms with Gasteiger partial charge in [0.1, 0.15) is 0 Å². The highest BCUT2D eigenvalue weighted by Gasteiger charge is 2.39. The van der Waals surface area contributed by atoms with E-state index >= 15 is 0 Å². The molecule has 0 spiro atoms. The number of rotatable bonds is 13. The van der Waals surface area contributed by atoms with Crippen LogP contribution in [0.4, 0.5) is 0 Å². The van der Waals surface area contributed by atoms with Gasteiger partial charge in [-0.2, -0.15) is 0 Å². The predicted octanol–water partition coefficient (Wildman–Crippen LogP) is 0.746. The van der Waals surface area contributed by atoms with E-state index in [0.717, 1.165) is 12.5 Å². The Labute approximate surface area is 143 Å². The van der Waals surface area contributed by atoms with Crippen LogP contribution in [0.1, 0.15) is 27.2 Å². The van der Waals surface area contributed by atoms with Gasteiger partial charge >= 0.3 is 17.6 Å². The van der Waals surface area contributed by atoms with Gasteiger partial charge in [-0.05, 0) is 33.7 Å². The van der Waals surface area contributed by atoms with Crippen LogP contribution in [0.25, 0.3) is 0 Å². The molecule has 0 heterocycles. The molecule has 0 rings (SSSR count).